The lowest BCUT2D eigenvalue weighted by Crippen LogP contribution is -2.49. The van der Waals surface area contributed by atoms with Gasteiger partial charge < -0.3 is 9.64 Å². The van der Waals surface area contributed by atoms with Gasteiger partial charge >= 0.3 is 0 Å². The van der Waals surface area contributed by atoms with Crippen LogP contribution in [0.3, 0.4) is 0 Å². The van der Waals surface area contributed by atoms with E-state index in [0.29, 0.717) is 17.8 Å². The number of carbonyl (C=O) groups is 1. The number of benzene rings is 1. The lowest BCUT2D eigenvalue weighted by molar-refractivity contribution is -0.130. The molecule has 2 aliphatic rings. The van der Waals surface area contributed by atoms with Crippen molar-refractivity contribution < 1.29 is 9.53 Å². The van der Waals surface area contributed by atoms with Gasteiger partial charge in [0.15, 0.2) is 0 Å². The van der Waals surface area contributed by atoms with Crippen LogP contribution in [0, 0.1) is 6.92 Å². The van der Waals surface area contributed by atoms with Crippen LogP contribution in [0.15, 0.2) is 36.7 Å². The fraction of sp³-hybridized carbons (Fsp3) is 0.522. The smallest absolute Gasteiger partial charge is 0.241 e. The number of piperidine rings is 2. The van der Waals surface area contributed by atoms with Crippen molar-refractivity contribution in [3.05, 3.63) is 47.9 Å². The Morgan fingerprint density at radius 2 is 1.76 bits per heavy atom. The summed E-state index contributed by atoms with van der Waals surface area (Å²) in [6.45, 7) is 7.57. The van der Waals surface area contributed by atoms with Crippen LogP contribution in [0.2, 0.25) is 0 Å². The molecule has 4 rings (SSSR count). The molecule has 0 saturated carbocycles. The number of hydrogen-bond acceptors (Lipinski definition) is 5. The SMILES string of the molecule is CC(=O)N1CCC(N2CCC[C@H](c3nccnc3Oc3ccc(C)cc3)C2)CC1. The first-order valence-electron chi connectivity index (χ1n) is 10.6. The molecule has 154 valence electrons. The number of aryl methyl sites for hydroxylation is 1. The number of hydrogen-bond donors (Lipinski definition) is 0. The summed E-state index contributed by atoms with van der Waals surface area (Å²) < 4.78 is 6.10. The van der Waals surface area contributed by atoms with Gasteiger partial charge in [-0.1, -0.05) is 17.7 Å². The molecule has 0 radical (unpaired) electrons. The van der Waals surface area contributed by atoms with Crippen LogP contribution >= 0.6 is 0 Å². The first-order valence-corrected chi connectivity index (χ1v) is 10.6. The molecule has 0 unspecified atom stereocenters. The first-order chi connectivity index (χ1) is 14.1. The molecule has 0 spiro atoms. The molecule has 1 atom stereocenters. The van der Waals surface area contributed by atoms with Crippen molar-refractivity contribution in [1.29, 1.82) is 0 Å². The normalized spacial score (nSPS) is 21.2. The maximum Gasteiger partial charge on any atom is 0.241 e. The van der Waals surface area contributed by atoms with Crippen LogP contribution < -0.4 is 4.74 Å². The highest BCUT2D eigenvalue weighted by Crippen LogP contribution is 2.34. The average Bonchev–Trinajstić information content (AvgIpc) is 2.76. The summed E-state index contributed by atoms with van der Waals surface area (Å²) in [7, 11) is 0. The van der Waals surface area contributed by atoms with Gasteiger partial charge in [-0.25, -0.2) is 4.98 Å². The van der Waals surface area contributed by atoms with E-state index in [0.717, 1.165) is 63.3 Å². The van der Waals surface area contributed by atoms with Crippen molar-refractivity contribution in [2.24, 2.45) is 0 Å². The van der Waals surface area contributed by atoms with E-state index >= 15 is 0 Å². The van der Waals surface area contributed by atoms with Crippen molar-refractivity contribution in [3.63, 3.8) is 0 Å². The quantitative estimate of drug-likeness (QED) is 0.790. The van der Waals surface area contributed by atoms with Crippen molar-refractivity contribution >= 4 is 5.91 Å². The van der Waals surface area contributed by atoms with Gasteiger partial charge in [0.1, 0.15) is 11.4 Å². The highest BCUT2D eigenvalue weighted by molar-refractivity contribution is 5.73. The summed E-state index contributed by atoms with van der Waals surface area (Å²) >= 11 is 0. The Bertz CT molecular complexity index is 831. The van der Waals surface area contributed by atoms with E-state index in [1.807, 2.05) is 29.2 Å². The minimum atomic E-state index is 0.192. The van der Waals surface area contributed by atoms with E-state index in [1.165, 1.54) is 5.56 Å². The van der Waals surface area contributed by atoms with Gasteiger partial charge in [0.25, 0.3) is 0 Å². The molecule has 0 N–H and O–H groups in total. The molecular formula is C23H30N4O2. The summed E-state index contributed by atoms with van der Waals surface area (Å²) in [6.07, 6.45) is 7.83. The van der Waals surface area contributed by atoms with E-state index < -0.39 is 0 Å². The van der Waals surface area contributed by atoms with Crippen LogP contribution in [-0.4, -0.2) is 57.9 Å². The van der Waals surface area contributed by atoms with Crippen LogP contribution in [0.5, 0.6) is 11.6 Å². The van der Waals surface area contributed by atoms with E-state index in [9.17, 15) is 4.79 Å². The number of aromatic nitrogens is 2. The highest BCUT2D eigenvalue weighted by Gasteiger charge is 2.32. The molecule has 2 aliphatic heterocycles. The van der Waals surface area contributed by atoms with Gasteiger partial charge in [-0.3, -0.25) is 14.7 Å². The molecule has 2 fully saturated rings. The molecule has 0 bridgehead atoms. The van der Waals surface area contributed by atoms with Crippen LogP contribution in [0.1, 0.15) is 49.8 Å². The highest BCUT2D eigenvalue weighted by atomic mass is 16.5. The Morgan fingerprint density at radius 3 is 2.48 bits per heavy atom. The summed E-state index contributed by atoms with van der Waals surface area (Å²) in [5, 5.41) is 0. The minimum Gasteiger partial charge on any atom is -0.437 e. The number of nitrogens with zero attached hydrogens (tertiary/aromatic N) is 4. The maximum absolute atomic E-state index is 11.6. The van der Waals surface area contributed by atoms with E-state index in [1.54, 1.807) is 19.3 Å². The molecule has 29 heavy (non-hydrogen) atoms. The Balaban J connectivity index is 1.45. The second kappa shape index (κ2) is 8.91. The fourth-order valence-electron chi connectivity index (χ4n) is 4.52. The molecule has 2 aromatic rings. The summed E-state index contributed by atoms with van der Waals surface area (Å²) in [4.78, 5) is 25.3. The molecule has 6 nitrogen and oxygen atoms in total. The molecule has 3 heterocycles. The maximum atomic E-state index is 11.6. The van der Waals surface area contributed by atoms with Crippen molar-refractivity contribution in [1.82, 2.24) is 19.8 Å². The predicted molar refractivity (Wildman–Crippen MR) is 112 cm³/mol. The van der Waals surface area contributed by atoms with E-state index in [2.05, 4.69) is 21.8 Å². The molecule has 2 saturated heterocycles. The minimum absolute atomic E-state index is 0.192. The average molecular weight is 395 g/mol. The standard InChI is InChI=1S/C23H30N4O2/c1-17-5-7-21(8-6-17)29-23-22(24-11-12-25-23)19-4-3-13-27(16-19)20-9-14-26(15-10-20)18(2)28/h5-8,11-12,19-20H,3-4,9-10,13-16H2,1-2H3/t19-/m0/s1. The topological polar surface area (TPSA) is 58.6 Å². The van der Waals surface area contributed by atoms with Gasteiger partial charge in [0.05, 0.1) is 0 Å². The molecular weight excluding hydrogens is 364 g/mol. The monoisotopic (exact) mass is 394 g/mol. The van der Waals surface area contributed by atoms with Crippen LogP contribution in [-0.2, 0) is 4.79 Å². The summed E-state index contributed by atoms with van der Waals surface area (Å²) in [6, 6.07) is 8.59. The molecule has 1 aromatic heterocycles. The molecule has 1 amide bonds. The number of rotatable bonds is 4. The van der Waals surface area contributed by atoms with Gasteiger partial charge in [0.2, 0.25) is 11.8 Å². The first kappa shape index (κ1) is 19.8. The van der Waals surface area contributed by atoms with Crippen LogP contribution in [0.25, 0.3) is 0 Å². The second-order valence-corrected chi connectivity index (χ2v) is 8.23. The van der Waals surface area contributed by atoms with Crippen molar-refractivity contribution in [2.45, 2.75) is 51.5 Å². The molecule has 1 aromatic carbocycles. The Hall–Kier alpha value is -2.47. The van der Waals surface area contributed by atoms with Crippen molar-refractivity contribution in [2.75, 3.05) is 26.2 Å². The number of amides is 1. The van der Waals surface area contributed by atoms with Crippen LogP contribution in [0.4, 0.5) is 0 Å². The number of ether oxygens (including phenoxy) is 1. The number of carbonyl (C=O) groups excluding carboxylic acids is 1. The Morgan fingerprint density at radius 1 is 1.03 bits per heavy atom. The zero-order valence-corrected chi connectivity index (χ0v) is 17.4. The number of likely N-dealkylation sites (tertiary alicyclic amines) is 2. The largest absolute Gasteiger partial charge is 0.437 e. The fourth-order valence-corrected chi connectivity index (χ4v) is 4.52. The summed E-state index contributed by atoms with van der Waals surface area (Å²) in [5.74, 6) is 1.93. The summed E-state index contributed by atoms with van der Waals surface area (Å²) in [5.41, 5.74) is 2.16. The van der Waals surface area contributed by atoms with Crippen molar-refractivity contribution in [3.8, 4) is 11.6 Å². The third-order valence-electron chi connectivity index (χ3n) is 6.19. The Labute approximate surface area is 172 Å². The van der Waals surface area contributed by atoms with E-state index in [-0.39, 0.29) is 5.91 Å². The van der Waals surface area contributed by atoms with Gasteiger partial charge in [0, 0.05) is 50.9 Å². The predicted octanol–water partition coefficient (Wildman–Crippen LogP) is 3.77. The van der Waals surface area contributed by atoms with E-state index in [4.69, 9.17) is 4.74 Å². The lowest BCUT2D eigenvalue weighted by Gasteiger charge is -2.42. The Kier molecular flexibility index (Phi) is 6.09. The van der Waals surface area contributed by atoms with Gasteiger partial charge in [-0.15, -0.1) is 0 Å². The third-order valence-corrected chi connectivity index (χ3v) is 6.19. The third kappa shape index (κ3) is 4.75. The molecule has 0 aliphatic carbocycles. The second-order valence-electron chi connectivity index (χ2n) is 8.23. The molecule has 6 heteroatoms. The van der Waals surface area contributed by atoms with Gasteiger partial charge in [-0.05, 0) is 51.3 Å². The van der Waals surface area contributed by atoms with Gasteiger partial charge in [-0.2, -0.15) is 0 Å². The lowest BCUT2D eigenvalue weighted by atomic mass is 9.91. The zero-order chi connectivity index (χ0) is 20.2. The zero-order valence-electron chi connectivity index (χ0n) is 17.4.